The first kappa shape index (κ1) is 20.1. The molecule has 1 saturated heterocycles. The number of fused-ring (bicyclic) bond motifs is 1. The van der Waals surface area contributed by atoms with Crippen LogP contribution in [0, 0.1) is 5.82 Å². The molecule has 4 aromatic rings. The molecule has 0 spiro atoms. The number of aromatic nitrogens is 2. The lowest BCUT2D eigenvalue weighted by Crippen LogP contribution is -2.50. The maximum Gasteiger partial charge on any atom is 0.322 e. The van der Waals surface area contributed by atoms with E-state index in [9.17, 15) is 9.18 Å². The third-order valence-corrected chi connectivity index (χ3v) is 5.78. The van der Waals surface area contributed by atoms with Gasteiger partial charge in [0.2, 0.25) is 5.95 Å². The maximum atomic E-state index is 13.9. The number of hydrogen-bond acceptors (Lipinski definition) is 3. The van der Waals surface area contributed by atoms with Gasteiger partial charge in [-0.15, -0.1) is 0 Å². The van der Waals surface area contributed by atoms with Crippen LogP contribution >= 0.6 is 0 Å². The number of anilines is 2. The molecule has 2 amide bonds. The van der Waals surface area contributed by atoms with Gasteiger partial charge in [0, 0.05) is 26.2 Å². The van der Waals surface area contributed by atoms with Gasteiger partial charge in [0.1, 0.15) is 5.82 Å². The molecular weight excluding hydrogens is 405 g/mol. The van der Waals surface area contributed by atoms with Gasteiger partial charge >= 0.3 is 6.03 Å². The zero-order chi connectivity index (χ0) is 21.9. The minimum Gasteiger partial charge on any atom is -0.339 e. The fourth-order valence-corrected chi connectivity index (χ4v) is 4.09. The van der Waals surface area contributed by atoms with Crippen LogP contribution in [0.5, 0.6) is 0 Å². The molecule has 0 bridgehead atoms. The highest BCUT2D eigenvalue weighted by Crippen LogP contribution is 2.25. The van der Waals surface area contributed by atoms with Crippen molar-refractivity contribution in [2.75, 3.05) is 36.4 Å². The van der Waals surface area contributed by atoms with E-state index in [2.05, 4.69) is 33.0 Å². The molecule has 0 aliphatic carbocycles. The Morgan fingerprint density at radius 2 is 1.56 bits per heavy atom. The standard InChI is InChI=1S/C25H24FN5O/c26-20-10-4-5-11-21(20)28-25(32)30-16-14-29(15-17-30)24-27-22-12-6-7-13-23(22)31(24)18-19-8-2-1-3-9-19/h1-13H,14-18H2,(H,28,32). The number of halogens is 1. The predicted molar refractivity (Wildman–Crippen MR) is 124 cm³/mol. The molecule has 0 radical (unpaired) electrons. The molecule has 32 heavy (non-hydrogen) atoms. The summed E-state index contributed by atoms with van der Waals surface area (Å²) in [6.07, 6.45) is 0. The van der Waals surface area contributed by atoms with Crippen LogP contribution in [0.4, 0.5) is 20.8 Å². The average Bonchev–Trinajstić information content (AvgIpc) is 3.20. The van der Waals surface area contributed by atoms with E-state index in [1.54, 1.807) is 23.1 Å². The van der Waals surface area contributed by atoms with Gasteiger partial charge in [0.25, 0.3) is 0 Å². The molecule has 1 aliphatic heterocycles. The SMILES string of the molecule is O=C(Nc1ccccc1F)N1CCN(c2nc3ccccc3n2Cc2ccccc2)CC1. The van der Waals surface area contributed by atoms with Crippen molar-refractivity contribution in [2.24, 2.45) is 0 Å². The molecule has 1 aliphatic rings. The summed E-state index contributed by atoms with van der Waals surface area (Å²) < 4.78 is 16.1. The van der Waals surface area contributed by atoms with Gasteiger partial charge in [0.15, 0.2) is 0 Å². The van der Waals surface area contributed by atoms with Crippen molar-refractivity contribution in [1.29, 1.82) is 0 Å². The molecule has 162 valence electrons. The second kappa shape index (κ2) is 8.70. The van der Waals surface area contributed by atoms with Crippen LogP contribution in [-0.4, -0.2) is 46.7 Å². The van der Waals surface area contributed by atoms with E-state index in [0.29, 0.717) is 26.2 Å². The zero-order valence-electron chi connectivity index (χ0n) is 17.6. The minimum absolute atomic E-state index is 0.199. The fourth-order valence-electron chi connectivity index (χ4n) is 4.09. The quantitative estimate of drug-likeness (QED) is 0.517. The molecule has 1 fully saturated rings. The van der Waals surface area contributed by atoms with E-state index in [-0.39, 0.29) is 11.7 Å². The molecule has 7 heteroatoms. The summed E-state index contributed by atoms with van der Waals surface area (Å²) in [7, 11) is 0. The molecule has 1 N–H and O–H groups in total. The van der Waals surface area contributed by atoms with Crippen molar-refractivity contribution < 1.29 is 9.18 Å². The van der Waals surface area contributed by atoms with Crippen molar-refractivity contribution >= 4 is 28.7 Å². The molecule has 0 unspecified atom stereocenters. The number of piperazine rings is 1. The monoisotopic (exact) mass is 429 g/mol. The van der Waals surface area contributed by atoms with Gasteiger partial charge in [0.05, 0.1) is 23.3 Å². The Labute approximate surface area is 185 Å². The van der Waals surface area contributed by atoms with Gasteiger partial charge in [-0.3, -0.25) is 0 Å². The average molecular weight is 429 g/mol. The number of hydrogen-bond donors (Lipinski definition) is 1. The highest BCUT2D eigenvalue weighted by Gasteiger charge is 2.25. The van der Waals surface area contributed by atoms with Gasteiger partial charge in [-0.2, -0.15) is 0 Å². The number of carbonyl (C=O) groups excluding carboxylic acids is 1. The van der Waals surface area contributed by atoms with Gasteiger partial charge in [-0.1, -0.05) is 54.6 Å². The molecule has 1 aromatic heterocycles. The van der Waals surface area contributed by atoms with Crippen LogP contribution < -0.4 is 10.2 Å². The second-order valence-corrected chi connectivity index (χ2v) is 7.86. The summed E-state index contributed by atoms with van der Waals surface area (Å²) in [5.74, 6) is 0.471. The zero-order valence-corrected chi connectivity index (χ0v) is 17.6. The normalized spacial score (nSPS) is 14.0. The number of urea groups is 1. The summed E-state index contributed by atoms with van der Waals surface area (Å²) in [5.41, 5.74) is 3.45. The summed E-state index contributed by atoms with van der Waals surface area (Å²) in [4.78, 5) is 21.5. The van der Waals surface area contributed by atoms with Crippen molar-refractivity contribution in [3.63, 3.8) is 0 Å². The summed E-state index contributed by atoms with van der Waals surface area (Å²) in [6.45, 7) is 3.11. The van der Waals surface area contributed by atoms with Crippen molar-refractivity contribution in [3.05, 3.63) is 90.2 Å². The molecule has 6 nitrogen and oxygen atoms in total. The lowest BCUT2D eigenvalue weighted by atomic mass is 10.2. The highest BCUT2D eigenvalue weighted by molar-refractivity contribution is 5.89. The first-order valence-corrected chi connectivity index (χ1v) is 10.7. The number of imidazole rings is 1. The maximum absolute atomic E-state index is 13.9. The molecule has 5 rings (SSSR count). The van der Waals surface area contributed by atoms with Crippen molar-refractivity contribution in [2.45, 2.75) is 6.54 Å². The van der Waals surface area contributed by atoms with E-state index in [0.717, 1.165) is 23.5 Å². The largest absolute Gasteiger partial charge is 0.339 e. The molecular formula is C25H24FN5O. The van der Waals surface area contributed by atoms with Crippen molar-refractivity contribution in [3.8, 4) is 0 Å². The van der Waals surface area contributed by atoms with Crippen LogP contribution in [0.3, 0.4) is 0 Å². The number of amides is 2. The molecule has 2 heterocycles. The van der Waals surface area contributed by atoms with Crippen LogP contribution in [0.1, 0.15) is 5.56 Å². The number of para-hydroxylation sites is 3. The van der Waals surface area contributed by atoms with Crippen LogP contribution in [0.2, 0.25) is 0 Å². The van der Waals surface area contributed by atoms with Crippen LogP contribution in [0.15, 0.2) is 78.9 Å². The lowest BCUT2D eigenvalue weighted by molar-refractivity contribution is 0.207. The highest BCUT2D eigenvalue weighted by atomic mass is 19.1. The Hall–Kier alpha value is -3.87. The van der Waals surface area contributed by atoms with E-state index in [1.807, 2.05) is 36.4 Å². The molecule has 0 atom stereocenters. The number of nitrogens with one attached hydrogen (secondary N) is 1. The number of nitrogens with zero attached hydrogens (tertiary/aromatic N) is 4. The van der Waals surface area contributed by atoms with Crippen LogP contribution in [-0.2, 0) is 6.54 Å². The Morgan fingerprint density at radius 3 is 2.34 bits per heavy atom. The summed E-state index contributed by atoms with van der Waals surface area (Å²) in [5, 5.41) is 2.67. The smallest absolute Gasteiger partial charge is 0.322 e. The number of carbonyl (C=O) groups is 1. The molecule has 3 aromatic carbocycles. The number of rotatable bonds is 4. The fraction of sp³-hybridized carbons (Fsp3) is 0.200. The third-order valence-electron chi connectivity index (χ3n) is 5.78. The first-order valence-electron chi connectivity index (χ1n) is 10.7. The van der Waals surface area contributed by atoms with Crippen molar-refractivity contribution in [1.82, 2.24) is 14.5 Å². The van der Waals surface area contributed by atoms with E-state index >= 15 is 0 Å². The van der Waals surface area contributed by atoms with E-state index in [4.69, 9.17) is 4.98 Å². The van der Waals surface area contributed by atoms with Crippen LogP contribution in [0.25, 0.3) is 11.0 Å². The first-order chi connectivity index (χ1) is 15.7. The lowest BCUT2D eigenvalue weighted by Gasteiger charge is -2.35. The van der Waals surface area contributed by atoms with Gasteiger partial charge in [-0.25, -0.2) is 14.2 Å². The van der Waals surface area contributed by atoms with Gasteiger partial charge < -0.3 is 19.7 Å². The Kier molecular flexibility index (Phi) is 5.46. The van der Waals surface area contributed by atoms with E-state index < -0.39 is 5.82 Å². The second-order valence-electron chi connectivity index (χ2n) is 7.86. The predicted octanol–water partition coefficient (Wildman–Crippen LogP) is 4.58. The topological polar surface area (TPSA) is 53.4 Å². The number of benzene rings is 3. The van der Waals surface area contributed by atoms with Gasteiger partial charge in [-0.05, 0) is 29.8 Å². The van der Waals surface area contributed by atoms with E-state index in [1.165, 1.54) is 11.6 Å². The Balaban J connectivity index is 1.33. The third kappa shape index (κ3) is 4.01. The summed E-state index contributed by atoms with van der Waals surface area (Å²) >= 11 is 0. The Bertz CT molecular complexity index is 1230. The minimum atomic E-state index is -0.436. The Morgan fingerprint density at radius 1 is 0.875 bits per heavy atom. The summed E-state index contributed by atoms with van der Waals surface area (Å²) in [6, 6.07) is 24.4. The molecule has 0 saturated carbocycles.